The fraction of sp³-hybridized carbons (Fsp3) is 0.500. The van der Waals surface area contributed by atoms with Crippen LogP contribution in [0.5, 0.6) is 5.75 Å². The Labute approximate surface area is 170 Å². The molecule has 1 aromatic rings. The fourth-order valence-electron chi connectivity index (χ4n) is 2.81. The van der Waals surface area contributed by atoms with E-state index in [1.807, 2.05) is 0 Å². The summed E-state index contributed by atoms with van der Waals surface area (Å²) in [7, 11) is 0. The van der Waals surface area contributed by atoms with Gasteiger partial charge in [-0.25, -0.2) is 9.59 Å². The number of rotatable bonds is 3. The van der Waals surface area contributed by atoms with E-state index in [1.165, 1.54) is 9.80 Å². The summed E-state index contributed by atoms with van der Waals surface area (Å²) in [5.41, 5.74) is 3.38. The molecule has 0 spiro atoms. The van der Waals surface area contributed by atoms with Crippen LogP contribution in [-0.2, 0) is 4.74 Å². The van der Waals surface area contributed by atoms with Crippen LogP contribution >= 0.6 is 0 Å². The van der Waals surface area contributed by atoms with Crippen molar-refractivity contribution < 1.29 is 42.1 Å². The molecule has 12 heteroatoms. The van der Waals surface area contributed by atoms with Crippen LogP contribution in [0.25, 0.3) is 0 Å². The largest absolute Gasteiger partial charge is 0.573 e. The number of nitrogens with zero attached hydrogens (tertiary/aromatic N) is 2. The Bertz CT molecular complexity index is 843. The monoisotopic (exact) mass is 433 g/mol. The van der Waals surface area contributed by atoms with Gasteiger partial charge in [-0.15, -0.1) is 13.2 Å². The Hall–Kier alpha value is -3.18. The number of carboxylic acid groups (broad SMARTS) is 1. The van der Waals surface area contributed by atoms with Gasteiger partial charge in [0, 0.05) is 37.9 Å². The number of hydrogen-bond donors (Lipinski definition) is 2. The van der Waals surface area contributed by atoms with Crippen molar-refractivity contribution in [2.45, 2.75) is 32.7 Å². The summed E-state index contributed by atoms with van der Waals surface area (Å²) in [6.07, 6.45) is -5.60. The number of aromatic carboxylic acids is 1. The second-order valence-electron chi connectivity index (χ2n) is 7.55. The van der Waals surface area contributed by atoms with Gasteiger partial charge in [0.15, 0.2) is 0 Å². The molecule has 166 valence electrons. The first-order valence-corrected chi connectivity index (χ1v) is 8.87. The molecule has 9 nitrogen and oxygen atoms in total. The number of anilines is 1. The lowest BCUT2D eigenvalue weighted by Gasteiger charge is -2.36. The molecule has 1 saturated heterocycles. The summed E-state index contributed by atoms with van der Waals surface area (Å²) in [6, 6.07) is 1.33. The molecule has 30 heavy (non-hydrogen) atoms. The Morgan fingerprint density at radius 1 is 1.03 bits per heavy atom. The van der Waals surface area contributed by atoms with Gasteiger partial charge in [0.25, 0.3) is 5.91 Å². The van der Waals surface area contributed by atoms with Crippen LogP contribution in [0.3, 0.4) is 0 Å². The minimum atomic E-state index is -5.05. The Morgan fingerprint density at radius 3 is 2.03 bits per heavy atom. The average molecular weight is 433 g/mol. The second-order valence-corrected chi connectivity index (χ2v) is 7.55. The molecule has 0 saturated carbocycles. The van der Waals surface area contributed by atoms with Crippen LogP contribution in [0, 0.1) is 0 Å². The maximum Gasteiger partial charge on any atom is 0.573 e. The maximum absolute atomic E-state index is 12.8. The minimum absolute atomic E-state index is 0.0668. The van der Waals surface area contributed by atoms with Gasteiger partial charge in [0.1, 0.15) is 11.4 Å². The molecule has 1 heterocycles. The Balaban J connectivity index is 2.19. The molecular weight excluding hydrogens is 411 g/mol. The summed E-state index contributed by atoms with van der Waals surface area (Å²) in [6.45, 7) is 5.55. The highest BCUT2D eigenvalue weighted by Gasteiger charge is 2.34. The smallest absolute Gasteiger partial charge is 0.478 e. The lowest BCUT2D eigenvalue weighted by molar-refractivity contribution is -0.274. The van der Waals surface area contributed by atoms with E-state index in [-0.39, 0.29) is 26.2 Å². The lowest BCUT2D eigenvalue weighted by Crippen LogP contribution is -2.51. The first kappa shape index (κ1) is 23.1. The molecule has 2 amide bonds. The van der Waals surface area contributed by atoms with Crippen molar-refractivity contribution in [3.63, 3.8) is 0 Å². The third-order valence-corrected chi connectivity index (χ3v) is 4.04. The van der Waals surface area contributed by atoms with Crippen LogP contribution < -0.4 is 10.5 Å². The van der Waals surface area contributed by atoms with E-state index in [0.717, 1.165) is 6.07 Å². The maximum atomic E-state index is 12.8. The number of halogens is 3. The van der Waals surface area contributed by atoms with Crippen LogP contribution in [0.4, 0.5) is 23.7 Å². The third-order valence-electron chi connectivity index (χ3n) is 4.04. The van der Waals surface area contributed by atoms with Gasteiger partial charge >= 0.3 is 18.4 Å². The van der Waals surface area contributed by atoms with E-state index in [9.17, 15) is 32.7 Å². The summed E-state index contributed by atoms with van der Waals surface area (Å²) < 4.78 is 46.3. The second kappa shape index (κ2) is 8.28. The van der Waals surface area contributed by atoms with E-state index in [1.54, 1.807) is 20.8 Å². The highest BCUT2D eigenvalue weighted by atomic mass is 19.4. The zero-order chi connectivity index (χ0) is 22.9. The van der Waals surface area contributed by atoms with Gasteiger partial charge in [-0.1, -0.05) is 0 Å². The van der Waals surface area contributed by atoms with E-state index >= 15 is 0 Å². The zero-order valence-corrected chi connectivity index (χ0v) is 16.6. The van der Waals surface area contributed by atoms with Crippen molar-refractivity contribution in [1.29, 1.82) is 0 Å². The van der Waals surface area contributed by atoms with Gasteiger partial charge in [-0.05, 0) is 26.8 Å². The number of carbonyl (C=O) groups is 3. The van der Waals surface area contributed by atoms with Crippen LogP contribution in [0.1, 0.15) is 41.5 Å². The molecular formula is C18H22F3N3O6. The number of amides is 2. The summed E-state index contributed by atoms with van der Waals surface area (Å²) in [5, 5.41) is 9.35. The number of carbonyl (C=O) groups excluding carboxylic acids is 2. The molecule has 1 aromatic carbocycles. The summed E-state index contributed by atoms with van der Waals surface area (Å²) in [5.74, 6) is -3.25. The number of alkyl halides is 3. The number of nitrogen functional groups attached to an aromatic ring is 1. The SMILES string of the molecule is CC(C)(C)OC(=O)N1CCN(C(=O)c2c(N)cc(OC(F)(F)F)cc2C(=O)O)CC1. The van der Waals surface area contributed by atoms with E-state index < -0.39 is 52.5 Å². The number of nitrogens with two attached hydrogens (primary N) is 1. The molecule has 0 aromatic heterocycles. The van der Waals surface area contributed by atoms with Gasteiger partial charge in [-0.2, -0.15) is 0 Å². The van der Waals surface area contributed by atoms with E-state index in [4.69, 9.17) is 10.5 Å². The topological polar surface area (TPSA) is 122 Å². The highest BCUT2D eigenvalue weighted by Crippen LogP contribution is 2.30. The molecule has 1 fully saturated rings. The molecule has 0 radical (unpaired) electrons. The quantitative estimate of drug-likeness (QED) is 0.703. The molecule has 0 bridgehead atoms. The molecule has 0 unspecified atom stereocenters. The van der Waals surface area contributed by atoms with Gasteiger partial charge in [-0.3, -0.25) is 4.79 Å². The lowest BCUT2D eigenvalue weighted by atomic mass is 10.0. The molecule has 0 atom stereocenters. The fourth-order valence-corrected chi connectivity index (χ4v) is 2.81. The van der Waals surface area contributed by atoms with Crippen molar-refractivity contribution in [2.75, 3.05) is 31.9 Å². The van der Waals surface area contributed by atoms with Crippen molar-refractivity contribution in [2.24, 2.45) is 0 Å². The average Bonchev–Trinajstić information content (AvgIpc) is 2.57. The van der Waals surface area contributed by atoms with Gasteiger partial charge in [0.2, 0.25) is 0 Å². The number of piperazine rings is 1. The Kier molecular flexibility index (Phi) is 6.38. The first-order valence-electron chi connectivity index (χ1n) is 8.87. The molecule has 0 aliphatic carbocycles. The minimum Gasteiger partial charge on any atom is -0.478 e. The predicted octanol–water partition coefficient (Wildman–Crippen LogP) is 2.56. The summed E-state index contributed by atoms with van der Waals surface area (Å²) in [4.78, 5) is 39.1. The number of carboxylic acids is 1. The molecule has 1 aliphatic heterocycles. The zero-order valence-electron chi connectivity index (χ0n) is 16.6. The van der Waals surface area contributed by atoms with E-state index in [0.29, 0.717) is 6.07 Å². The Morgan fingerprint density at radius 2 is 1.57 bits per heavy atom. The summed E-state index contributed by atoms with van der Waals surface area (Å²) >= 11 is 0. The number of benzene rings is 1. The van der Waals surface area contributed by atoms with Gasteiger partial charge in [0.05, 0.1) is 11.1 Å². The van der Waals surface area contributed by atoms with Crippen LogP contribution in [0.2, 0.25) is 0 Å². The van der Waals surface area contributed by atoms with Crippen LogP contribution in [-0.4, -0.2) is 71.0 Å². The normalized spacial score (nSPS) is 15.0. The highest BCUT2D eigenvalue weighted by molar-refractivity contribution is 6.09. The van der Waals surface area contributed by atoms with Crippen molar-refractivity contribution >= 4 is 23.7 Å². The molecule has 1 aliphatic rings. The number of hydrogen-bond acceptors (Lipinski definition) is 6. The number of ether oxygens (including phenoxy) is 2. The van der Waals surface area contributed by atoms with Crippen molar-refractivity contribution in [1.82, 2.24) is 9.80 Å². The molecule has 3 N–H and O–H groups in total. The van der Waals surface area contributed by atoms with Gasteiger partial charge < -0.3 is 30.1 Å². The predicted molar refractivity (Wildman–Crippen MR) is 98.2 cm³/mol. The third kappa shape index (κ3) is 5.91. The van der Waals surface area contributed by atoms with Crippen molar-refractivity contribution in [3.05, 3.63) is 23.3 Å². The first-order chi connectivity index (χ1) is 13.7. The van der Waals surface area contributed by atoms with Crippen LogP contribution in [0.15, 0.2) is 12.1 Å². The standard InChI is InChI=1S/C18H22F3N3O6/c1-17(2,3)30-16(28)24-6-4-23(5-7-24)14(25)13-11(15(26)27)8-10(9-12(13)22)29-18(19,20)21/h8-9H,4-7,22H2,1-3H3,(H,26,27). The van der Waals surface area contributed by atoms with E-state index in [2.05, 4.69) is 4.74 Å². The van der Waals surface area contributed by atoms with Crippen molar-refractivity contribution in [3.8, 4) is 5.75 Å². The molecule has 2 rings (SSSR count).